The summed E-state index contributed by atoms with van der Waals surface area (Å²) in [7, 11) is 0. The molecule has 0 radical (unpaired) electrons. The van der Waals surface area contributed by atoms with Crippen LogP contribution in [0.25, 0.3) is 0 Å². The SMILES string of the molecule is O=C(OCc1cccc(Cl)c1)C(C(=O)N(Cc1ccc(Cl)nc1)c1ccccn1)c1ccccc1. The highest BCUT2D eigenvalue weighted by atomic mass is 35.5. The van der Waals surface area contributed by atoms with E-state index in [0.29, 0.717) is 21.6 Å². The molecule has 35 heavy (non-hydrogen) atoms. The first-order valence-corrected chi connectivity index (χ1v) is 11.6. The van der Waals surface area contributed by atoms with Crippen molar-refractivity contribution in [3.63, 3.8) is 0 Å². The monoisotopic (exact) mass is 505 g/mol. The van der Waals surface area contributed by atoms with E-state index in [1.165, 1.54) is 4.90 Å². The smallest absolute Gasteiger partial charge is 0.323 e. The third-order valence-corrected chi connectivity index (χ3v) is 5.67. The summed E-state index contributed by atoms with van der Waals surface area (Å²) in [5.41, 5.74) is 1.97. The van der Waals surface area contributed by atoms with Crippen molar-refractivity contribution in [2.24, 2.45) is 0 Å². The number of carbonyl (C=O) groups is 2. The second-order valence-corrected chi connectivity index (χ2v) is 8.51. The maximum Gasteiger partial charge on any atom is 0.323 e. The Kier molecular flexibility index (Phi) is 8.08. The van der Waals surface area contributed by atoms with Crippen molar-refractivity contribution >= 4 is 40.9 Å². The van der Waals surface area contributed by atoms with Crippen LogP contribution in [0.4, 0.5) is 5.82 Å². The van der Waals surface area contributed by atoms with Crippen molar-refractivity contribution in [3.8, 4) is 0 Å². The second kappa shape index (κ2) is 11.6. The number of aromatic nitrogens is 2. The first-order chi connectivity index (χ1) is 17.0. The van der Waals surface area contributed by atoms with Crippen molar-refractivity contribution in [3.05, 3.63) is 124 Å². The molecule has 0 spiro atoms. The highest BCUT2D eigenvalue weighted by Gasteiger charge is 2.35. The number of carbonyl (C=O) groups excluding carboxylic acids is 2. The highest BCUT2D eigenvalue weighted by molar-refractivity contribution is 6.30. The zero-order valence-corrected chi connectivity index (χ0v) is 20.1. The summed E-state index contributed by atoms with van der Waals surface area (Å²) in [5, 5.41) is 0.878. The van der Waals surface area contributed by atoms with Gasteiger partial charge in [0.2, 0.25) is 5.91 Å². The van der Waals surface area contributed by atoms with Gasteiger partial charge in [0.15, 0.2) is 5.92 Å². The molecule has 1 unspecified atom stereocenters. The molecule has 0 bridgehead atoms. The molecule has 1 atom stereocenters. The molecular weight excluding hydrogens is 485 g/mol. The number of amides is 1. The minimum atomic E-state index is -1.20. The lowest BCUT2D eigenvalue weighted by atomic mass is 9.97. The Morgan fingerprint density at radius 3 is 2.34 bits per heavy atom. The molecule has 8 heteroatoms. The van der Waals surface area contributed by atoms with Crippen LogP contribution in [0, 0.1) is 0 Å². The second-order valence-electron chi connectivity index (χ2n) is 7.68. The van der Waals surface area contributed by atoms with Gasteiger partial charge in [-0.3, -0.25) is 14.5 Å². The molecular formula is C27H21Cl2N3O3. The number of benzene rings is 2. The zero-order valence-electron chi connectivity index (χ0n) is 18.6. The molecule has 0 saturated heterocycles. The normalized spacial score (nSPS) is 11.5. The van der Waals surface area contributed by atoms with E-state index in [1.54, 1.807) is 91.3 Å². The summed E-state index contributed by atoms with van der Waals surface area (Å²) in [5.74, 6) is -1.94. The van der Waals surface area contributed by atoms with E-state index in [2.05, 4.69) is 9.97 Å². The van der Waals surface area contributed by atoms with Gasteiger partial charge in [-0.2, -0.15) is 0 Å². The third kappa shape index (κ3) is 6.44. The van der Waals surface area contributed by atoms with Gasteiger partial charge in [-0.05, 0) is 47.0 Å². The van der Waals surface area contributed by atoms with Crippen LogP contribution in [-0.4, -0.2) is 21.8 Å². The molecule has 4 aromatic rings. The first kappa shape index (κ1) is 24.4. The number of pyridine rings is 2. The summed E-state index contributed by atoms with van der Waals surface area (Å²) in [4.78, 5) is 37.2. The van der Waals surface area contributed by atoms with Crippen LogP contribution in [0.15, 0.2) is 97.3 Å². The fourth-order valence-electron chi connectivity index (χ4n) is 3.51. The van der Waals surface area contributed by atoms with Gasteiger partial charge >= 0.3 is 5.97 Å². The lowest BCUT2D eigenvalue weighted by Gasteiger charge is -2.26. The average Bonchev–Trinajstić information content (AvgIpc) is 2.88. The van der Waals surface area contributed by atoms with Gasteiger partial charge in [-0.25, -0.2) is 9.97 Å². The Balaban J connectivity index is 1.66. The lowest BCUT2D eigenvalue weighted by Crippen LogP contribution is -2.39. The average molecular weight is 506 g/mol. The number of nitrogens with zero attached hydrogens (tertiary/aromatic N) is 3. The minimum Gasteiger partial charge on any atom is -0.460 e. The number of hydrogen-bond donors (Lipinski definition) is 0. The van der Waals surface area contributed by atoms with Crippen molar-refractivity contribution in [2.45, 2.75) is 19.1 Å². The zero-order chi connectivity index (χ0) is 24.6. The van der Waals surface area contributed by atoms with Crippen molar-refractivity contribution in [1.82, 2.24) is 9.97 Å². The largest absolute Gasteiger partial charge is 0.460 e. The van der Waals surface area contributed by atoms with Gasteiger partial charge in [0, 0.05) is 17.4 Å². The van der Waals surface area contributed by atoms with Crippen molar-refractivity contribution in [2.75, 3.05) is 4.90 Å². The molecule has 176 valence electrons. The fraction of sp³-hybridized carbons (Fsp3) is 0.111. The molecule has 6 nitrogen and oxygen atoms in total. The molecule has 0 N–H and O–H groups in total. The Bertz CT molecular complexity index is 1290. The van der Waals surface area contributed by atoms with Gasteiger partial charge in [-0.15, -0.1) is 0 Å². The molecule has 0 aliphatic rings. The minimum absolute atomic E-state index is 0.0132. The maximum atomic E-state index is 13.9. The predicted octanol–water partition coefficient (Wildman–Crippen LogP) is 5.84. The Morgan fingerprint density at radius 2 is 1.66 bits per heavy atom. The molecule has 0 aliphatic carbocycles. The number of hydrogen-bond acceptors (Lipinski definition) is 5. The van der Waals surface area contributed by atoms with Crippen LogP contribution in [-0.2, 0) is 27.5 Å². The van der Waals surface area contributed by atoms with Crippen LogP contribution in [0.2, 0.25) is 10.2 Å². The molecule has 4 rings (SSSR count). The maximum absolute atomic E-state index is 13.9. The number of anilines is 1. The topological polar surface area (TPSA) is 72.4 Å². The standard InChI is InChI=1S/C27H21Cl2N3O3/c28-22-10-6-7-19(15-22)18-35-27(34)25(21-8-2-1-3-9-21)26(33)32(24-11-4-5-14-30-24)17-20-12-13-23(29)31-16-20/h1-16,25H,17-18H2. The molecule has 2 aromatic heterocycles. The third-order valence-electron chi connectivity index (χ3n) is 5.21. The molecule has 0 saturated carbocycles. The van der Waals surface area contributed by atoms with Crippen LogP contribution < -0.4 is 4.90 Å². The molecule has 0 fully saturated rings. The number of halogens is 2. The van der Waals surface area contributed by atoms with E-state index in [0.717, 1.165) is 11.1 Å². The molecule has 2 aromatic carbocycles. The summed E-state index contributed by atoms with van der Waals surface area (Å²) in [6, 6.07) is 24.5. The number of esters is 1. The fourth-order valence-corrected chi connectivity index (χ4v) is 3.84. The molecule has 1 amide bonds. The van der Waals surface area contributed by atoms with E-state index >= 15 is 0 Å². The molecule has 2 heterocycles. The summed E-state index contributed by atoms with van der Waals surface area (Å²) in [6.45, 7) is 0.131. The van der Waals surface area contributed by atoms with E-state index in [-0.39, 0.29) is 13.2 Å². The van der Waals surface area contributed by atoms with Gasteiger partial charge in [0.1, 0.15) is 17.6 Å². The van der Waals surface area contributed by atoms with E-state index < -0.39 is 17.8 Å². The predicted molar refractivity (Wildman–Crippen MR) is 135 cm³/mol. The van der Waals surface area contributed by atoms with Crippen LogP contribution in [0.3, 0.4) is 0 Å². The van der Waals surface area contributed by atoms with Crippen LogP contribution >= 0.6 is 23.2 Å². The van der Waals surface area contributed by atoms with E-state index in [9.17, 15) is 9.59 Å². The summed E-state index contributed by atoms with van der Waals surface area (Å²) >= 11 is 12.0. The molecule has 0 aliphatic heterocycles. The number of rotatable bonds is 8. The van der Waals surface area contributed by atoms with Crippen LogP contribution in [0.5, 0.6) is 0 Å². The van der Waals surface area contributed by atoms with Gasteiger partial charge in [0.25, 0.3) is 0 Å². The van der Waals surface area contributed by atoms with Crippen LogP contribution in [0.1, 0.15) is 22.6 Å². The Morgan fingerprint density at radius 1 is 0.857 bits per heavy atom. The van der Waals surface area contributed by atoms with E-state index in [1.807, 2.05) is 6.07 Å². The van der Waals surface area contributed by atoms with Gasteiger partial charge in [-0.1, -0.05) is 77.8 Å². The van der Waals surface area contributed by atoms with Crippen molar-refractivity contribution in [1.29, 1.82) is 0 Å². The Hall–Kier alpha value is -3.74. The van der Waals surface area contributed by atoms with E-state index in [4.69, 9.17) is 27.9 Å². The first-order valence-electron chi connectivity index (χ1n) is 10.8. The van der Waals surface area contributed by atoms with Gasteiger partial charge in [0.05, 0.1) is 6.54 Å². The lowest BCUT2D eigenvalue weighted by molar-refractivity contribution is -0.149. The van der Waals surface area contributed by atoms with Crippen molar-refractivity contribution < 1.29 is 14.3 Å². The summed E-state index contributed by atoms with van der Waals surface area (Å²) < 4.78 is 5.58. The van der Waals surface area contributed by atoms with Gasteiger partial charge < -0.3 is 4.74 Å². The summed E-state index contributed by atoms with van der Waals surface area (Å²) in [6.07, 6.45) is 3.17. The highest BCUT2D eigenvalue weighted by Crippen LogP contribution is 2.26. The Labute approximate surface area is 213 Å². The quantitative estimate of drug-likeness (QED) is 0.171. The number of ether oxygens (including phenoxy) is 1.